The summed E-state index contributed by atoms with van der Waals surface area (Å²) in [5, 5.41) is 0. The van der Waals surface area contributed by atoms with E-state index in [0.717, 1.165) is 0 Å². The molecule has 0 aromatic heterocycles. The number of carbonyl (C=O) groups excluding carboxylic acids is 1. The second-order valence-corrected chi connectivity index (χ2v) is 4.20. The molecule has 0 radical (unpaired) electrons. The molecular formula is C8F16O2. The maximum Gasteiger partial charge on any atom is 0.491 e. The molecule has 0 spiro atoms. The number of alkyl halides is 16. The van der Waals surface area contributed by atoms with Gasteiger partial charge in [-0.2, -0.15) is 70.2 Å². The highest BCUT2D eigenvalue weighted by Crippen LogP contribution is 2.60. The van der Waals surface area contributed by atoms with Crippen LogP contribution in [0.15, 0.2) is 0 Å². The predicted molar refractivity (Wildman–Crippen MR) is 42.9 cm³/mol. The molecule has 26 heavy (non-hydrogen) atoms. The van der Waals surface area contributed by atoms with Gasteiger partial charge in [0.05, 0.1) is 0 Å². The predicted octanol–water partition coefficient (Wildman–Crippen LogP) is 4.79. The zero-order chi connectivity index (χ0) is 21.8. The van der Waals surface area contributed by atoms with Gasteiger partial charge in [0.25, 0.3) is 0 Å². The Bertz CT molecular complexity index is 539. The summed E-state index contributed by atoms with van der Waals surface area (Å²) in [7, 11) is 0. The van der Waals surface area contributed by atoms with E-state index >= 15 is 0 Å². The number of rotatable bonds is 5. The zero-order valence-corrected chi connectivity index (χ0v) is 10.9. The lowest BCUT2D eigenvalue weighted by atomic mass is 9.97. The van der Waals surface area contributed by atoms with Crippen molar-refractivity contribution in [1.82, 2.24) is 0 Å². The molecule has 0 amide bonds. The standard InChI is InChI=1S/C8F16O2/c9-2(10,11)1(25)26-8(23,24)6(18,19)4(14,15)3(12,13)5(16,17)7(20,21)22. The molecule has 0 rings (SSSR count). The van der Waals surface area contributed by atoms with Crippen LogP contribution >= 0.6 is 0 Å². The summed E-state index contributed by atoms with van der Waals surface area (Å²) in [6, 6.07) is 0. The normalized spacial score (nSPS) is 15.8. The Hall–Kier alpha value is -1.65. The summed E-state index contributed by atoms with van der Waals surface area (Å²) in [5.41, 5.74) is 0. The van der Waals surface area contributed by atoms with Gasteiger partial charge in [0.1, 0.15) is 0 Å². The van der Waals surface area contributed by atoms with E-state index in [-0.39, 0.29) is 0 Å². The van der Waals surface area contributed by atoms with Gasteiger partial charge < -0.3 is 4.74 Å². The molecule has 0 heterocycles. The van der Waals surface area contributed by atoms with Crippen LogP contribution in [0, 0.1) is 0 Å². The van der Waals surface area contributed by atoms with Gasteiger partial charge in [-0.3, -0.25) is 0 Å². The molecule has 0 bridgehead atoms. The maximum atomic E-state index is 12.8. The molecule has 156 valence electrons. The number of esters is 1. The van der Waals surface area contributed by atoms with E-state index in [9.17, 15) is 75.0 Å². The number of hydrogen-bond acceptors (Lipinski definition) is 2. The van der Waals surface area contributed by atoms with Crippen molar-refractivity contribution < 1.29 is 79.8 Å². The highest BCUT2D eigenvalue weighted by Gasteiger charge is 2.92. The summed E-state index contributed by atoms with van der Waals surface area (Å²) in [6.07, 6.45) is -21.8. The van der Waals surface area contributed by atoms with Crippen LogP contribution in [0.4, 0.5) is 70.2 Å². The lowest BCUT2D eigenvalue weighted by Crippen LogP contribution is -2.70. The van der Waals surface area contributed by atoms with E-state index in [0.29, 0.717) is 0 Å². The van der Waals surface area contributed by atoms with Crippen LogP contribution in [0.25, 0.3) is 0 Å². The van der Waals surface area contributed by atoms with Crippen molar-refractivity contribution in [3.05, 3.63) is 0 Å². The molecule has 2 nitrogen and oxygen atoms in total. The first kappa shape index (κ1) is 24.3. The molecule has 0 atom stereocenters. The van der Waals surface area contributed by atoms with Crippen molar-refractivity contribution in [3.63, 3.8) is 0 Å². The van der Waals surface area contributed by atoms with Gasteiger partial charge in [0, 0.05) is 0 Å². The lowest BCUT2D eigenvalue weighted by molar-refractivity contribution is -0.461. The third kappa shape index (κ3) is 3.45. The van der Waals surface area contributed by atoms with Gasteiger partial charge in [0.2, 0.25) is 0 Å². The minimum atomic E-state index is -8.35. The van der Waals surface area contributed by atoms with E-state index in [4.69, 9.17) is 0 Å². The first-order valence-corrected chi connectivity index (χ1v) is 5.14. The Morgan fingerprint density at radius 2 is 0.808 bits per heavy atom. The Kier molecular flexibility index (Phi) is 5.55. The molecule has 0 unspecified atom stereocenters. The van der Waals surface area contributed by atoms with E-state index < -0.39 is 48.1 Å². The van der Waals surface area contributed by atoms with Crippen molar-refractivity contribution in [3.8, 4) is 0 Å². The van der Waals surface area contributed by atoms with Crippen LogP contribution in [0.5, 0.6) is 0 Å². The van der Waals surface area contributed by atoms with Crippen LogP contribution in [0.1, 0.15) is 0 Å². The summed E-state index contributed by atoms with van der Waals surface area (Å²) in [6.45, 7) is 0. The summed E-state index contributed by atoms with van der Waals surface area (Å²) >= 11 is 0. The first-order chi connectivity index (χ1) is 10.9. The average Bonchev–Trinajstić information content (AvgIpc) is 2.34. The van der Waals surface area contributed by atoms with E-state index in [2.05, 4.69) is 0 Å². The molecule has 0 aliphatic carbocycles. The summed E-state index contributed by atoms with van der Waals surface area (Å²) in [4.78, 5) is 9.94. The fraction of sp³-hybridized carbons (Fsp3) is 0.875. The molecule has 0 aromatic rings. The van der Waals surface area contributed by atoms with Gasteiger partial charge in [0.15, 0.2) is 0 Å². The molecule has 0 aliphatic rings. The summed E-state index contributed by atoms with van der Waals surface area (Å²) < 4.78 is 198. The Morgan fingerprint density at radius 3 is 1.08 bits per heavy atom. The minimum Gasteiger partial charge on any atom is -0.389 e. The molecule has 0 aromatic carbocycles. The number of carbonyl (C=O) groups is 1. The van der Waals surface area contributed by atoms with Crippen molar-refractivity contribution in [2.24, 2.45) is 0 Å². The van der Waals surface area contributed by atoms with Crippen LogP contribution in [0.2, 0.25) is 0 Å². The van der Waals surface area contributed by atoms with E-state index in [1.54, 1.807) is 4.74 Å². The van der Waals surface area contributed by atoms with Gasteiger partial charge in [-0.15, -0.1) is 0 Å². The minimum absolute atomic E-state index is 1.56. The second kappa shape index (κ2) is 5.93. The smallest absolute Gasteiger partial charge is 0.389 e. The topological polar surface area (TPSA) is 26.3 Å². The lowest BCUT2D eigenvalue weighted by Gasteiger charge is -2.38. The van der Waals surface area contributed by atoms with Crippen LogP contribution < -0.4 is 0 Å². The molecule has 0 saturated heterocycles. The Balaban J connectivity index is 6.21. The number of hydrogen-bond donors (Lipinski definition) is 0. The monoisotopic (exact) mass is 432 g/mol. The Morgan fingerprint density at radius 1 is 0.500 bits per heavy atom. The van der Waals surface area contributed by atoms with Crippen LogP contribution in [-0.4, -0.2) is 48.1 Å². The zero-order valence-electron chi connectivity index (χ0n) is 10.9. The average molecular weight is 432 g/mol. The van der Waals surface area contributed by atoms with Crippen molar-refractivity contribution in [2.45, 2.75) is 42.2 Å². The van der Waals surface area contributed by atoms with Crippen LogP contribution in [0.3, 0.4) is 0 Å². The van der Waals surface area contributed by atoms with Crippen molar-refractivity contribution in [1.29, 1.82) is 0 Å². The Labute approximate surface area is 129 Å². The quantitative estimate of drug-likeness (QED) is 0.462. The first-order valence-electron chi connectivity index (χ1n) is 5.14. The third-order valence-electron chi connectivity index (χ3n) is 2.36. The summed E-state index contributed by atoms with van der Waals surface area (Å²) in [5.74, 6) is -37.2. The van der Waals surface area contributed by atoms with Crippen molar-refractivity contribution in [2.75, 3.05) is 0 Å². The third-order valence-corrected chi connectivity index (χ3v) is 2.36. The molecule has 0 aliphatic heterocycles. The number of ether oxygens (including phenoxy) is 1. The maximum absolute atomic E-state index is 12.8. The molecule has 0 N–H and O–H groups in total. The highest BCUT2D eigenvalue weighted by molar-refractivity contribution is 5.75. The van der Waals surface area contributed by atoms with E-state index in [1.807, 2.05) is 0 Å². The largest absolute Gasteiger partial charge is 0.491 e. The molecule has 18 heteroatoms. The van der Waals surface area contributed by atoms with Gasteiger partial charge in [-0.05, 0) is 0 Å². The fourth-order valence-electron chi connectivity index (χ4n) is 0.993. The van der Waals surface area contributed by atoms with Gasteiger partial charge in [-0.1, -0.05) is 0 Å². The fourth-order valence-corrected chi connectivity index (χ4v) is 0.993. The van der Waals surface area contributed by atoms with Crippen LogP contribution in [-0.2, 0) is 9.53 Å². The van der Waals surface area contributed by atoms with Gasteiger partial charge >= 0.3 is 48.1 Å². The molecule has 0 fully saturated rings. The van der Waals surface area contributed by atoms with E-state index in [1.165, 1.54) is 0 Å². The second-order valence-electron chi connectivity index (χ2n) is 4.20. The molecular weight excluding hydrogens is 432 g/mol. The van der Waals surface area contributed by atoms with Gasteiger partial charge in [-0.25, -0.2) is 4.79 Å². The number of halogens is 16. The van der Waals surface area contributed by atoms with Crippen molar-refractivity contribution >= 4 is 5.97 Å². The SMILES string of the molecule is O=C(OC(F)(F)C(F)(F)C(F)(F)C(F)(F)C(F)(F)C(F)(F)F)C(F)(F)F. The highest BCUT2D eigenvalue weighted by atomic mass is 19.4. The molecule has 0 saturated carbocycles.